The average molecular weight is 286 g/mol. The second-order valence-electron chi connectivity index (χ2n) is 4.21. The van der Waals surface area contributed by atoms with Crippen LogP contribution < -0.4 is 0 Å². The van der Waals surface area contributed by atoms with Crippen molar-refractivity contribution in [1.29, 1.82) is 0 Å². The summed E-state index contributed by atoms with van der Waals surface area (Å²) in [6.07, 6.45) is 1.53. The van der Waals surface area contributed by atoms with Gasteiger partial charge in [0.15, 0.2) is 0 Å². The van der Waals surface area contributed by atoms with Gasteiger partial charge in [-0.05, 0) is 26.3 Å². The predicted molar refractivity (Wildman–Crippen MR) is 84.2 cm³/mol. The van der Waals surface area contributed by atoms with E-state index in [1.54, 1.807) is 13.8 Å². The molecule has 0 amide bonds. The summed E-state index contributed by atoms with van der Waals surface area (Å²) in [5.74, 6) is 0.243. The monoisotopic (exact) mass is 286 g/mol. The zero-order valence-electron chi connectivity index (χ0n) is 13.3. The fourth-order valence-corrected chi connectivity index (χ4v) is 1.87. The summed E-state index contributed by atoms with van der Waals surface area (Å²) in [4.78, 5) is 20.4. The molecule has 0 saturated heterocycles. The molecule has 0 spiro atoms. The molecular formula is C17H22N2O2. The number of carbonyl (C=O) groups excluding carboxylic acids is 1. The van der Waals surface area contributed by atoms with E-state index in [0.717, 1.165) is 11.1 Å². The summed E-state index contributed by atoms with van der Waals surface area (Å²) >= 11 is 0. The van der Waals surface area contributed by atoms with Crippen LogP contribution in [0.3, 0.4) is 0 Å². The van der Waals surface area contributed by atoms with Crippen LogP contribution in [-0.4, -0.2) is 22.5 Å². The minimum atomic E-state index is -0.388. The van der Waals surface area contributed by atoms with Crippen LogP contribution in [0.4, 0.5) is 0 Å². The largest absolute Gasteiger partial charge is 0.462 e. The predicted octanol–water partition coefficient (Wildman–Crippen LogP) is 3.96. The molecule has 1 heterocycles. The maximum atomic E-state index is 12.0. The third-order valence-electron chi connectivity index (χ3n) is 2.80. The van der Waals surface area contributed by atoms with Gasteiger partial charge < -0.3 is 4.74 Å². The molecule has 0 saturated carbocycles. The van der Waals surface area contributed by atoms with Gasteiger partial charge in [-0.3, -0.25) is 0 Å². The fourth-order valence-electron chi connectivity index (χ4n) is 1.87. The van der Waals surface area contributed by atoms with Crippen molar-refractivity contribution in [1.82, 2.24) is 9.97 Å². The number of aromatic nitrogens is 2. The summed E-state index contributed by atoms with van der Waals surface area (Å²) in [5, 5.41) is 0. The van der Waals surface area contributed by atoms with E-state index in [1.807, 2.05) is 45.0 Å². The molecule has 4 nitrogen and oxygen atoms in total. The number of rotatable bonds is 3. The van der Waals surface area contributed by atoms with E-state index < -0.39 is 0 Å². The molecule has 0 fully saturated rings. The Bertz CT molecular complexity index is 609. The third kappa shape index (κ3) is 4.12. The van der Waals surface area contributed by atoms with Crippen LogP contribution in [0.25, 0.3) is 11.3 Å². The van der Waals surface area contributed by atoms with E-state index in [-0.39, 0.29) is 5.97 Å². The number of carbonyl (C=O) groups is 1. The summed E-state index contributed by atoms with van der Waals surface area (Å²) in [7, 11) is 0. The Kier molecular flexibility index (Phi) is 6.53. The third-order valence-corrected chi connectivity index (χ3v) is 2.80. The van der Waals surface area contributed by atoms with Crippen LogP contribution in [0.2, 0.25) is 0 Å². The lowest BCUT2D eigenvalue weighted by atomic mass is 10.0. The minimum Gasteiger partial charge on any atom is -0.462 e. The maximum Gasteiger partial charge on any atom is 0.341 e. The SMILES string of the molecule is CC.CCOC(=O)c1cnc(C)nc1-c1ccccc1C. The van der Waals surface area contributed by atoms with Crippen LogP contribution in [0, 0.1) is 13.8 Å². The van der Waals surface area contributed by atoms with E-state index in [1.165, 1.54) is 6.20 Å². The van der Waals surface area contributed by atoms with E-state index in [0.29, 0.717) is 23.7 Å². The van der Waals surface area contributed by atoms with Crippen LogP contribution >= 0.6 is 0 Å². The number of benzene rings is 1. The second-order valence-corrected chi connectivity index (χ2v) is 4.21. The molecule has 0 bridgehead atoms. The number of aryl methyl sites for hydroxylation is 2. The fraction of sp³-hybridized carbons (Fsp3) is 0.353. The number of hydrogen-bond acceptors (Lipinski definition) is 4. The lowest BCUT2D eigenvalue weighted by Crippen LogP contribution is -2.09. The Morgan fingerprint density at radius 2 is 1.86 bits per heavy atom. The van der Waals surface area contributed by atoms with Crippen LogP contribution in [-0.2, 0) is 4.74 Å². The van der Waals surface area contributed by atoms with Crippen molar-refractivity contribution in [2.75, 3.05) is 6.61 Å². The second kappa shape index (κ2) is 8.15. The topological polar surface area (TPSA) is 52.1 Å². The van der Waals surface area contributed by atoms with Gasteiger partial charge in [0.05, 0.1) is 12.3 Å². The van der Waals surface area contributed by atoms with Gasteiger partial charge in [-0.2, -0.15) is 0 Å². The van der Waals surface area contributed by atoms with Gasteiger partial charge in [0.2, 0.25) is 0 Å². The first-order chi connectivity index (χ1) is 10.1. The summed E-state index contributed by atoms with van der Waals surface area (Å²) in [5.41, 5.74) is 3.02. The zero-order chi connectivity index (χ0) is 15.8. The number of nitrogens with zero attached hydrogens (tertiary/aromatic N) is 2. The number of esters is 1. The highest BCUT2D eigenvalue weighted by molar-refractivity contribution is 5.96. The molecule has 21 heavy (non-hydrogen) atoms. The zero-order valence-corrected chi connectivity index (χ0v) is 13.3. The average Bonchev–Trinajstić information content (AvgIpc) is 2.50. The van der Waals surface area contributed by atoms with Crippen molar-refractivity contribution in [3.05, 3.63) is 47.4 Å². The van der Waals surface area contributed by atoms with E-state index >= 15 is 0 Å². The molecule has 0 unspecified atom stereocenters. The standard InChI is InChI=1S/C15H16N2O2.C2H6/c1-4-19-15(18)13-9-16-11(3)17-14(13)12-8-6-5-7-10(12)2;1-2/h5-9H,4H2,1-3H3;1-2H3. The molecule has 0 aliphatic rings. The van der Waals surface area contributed by atoms with Crippen molar-refractivity contribution in [2.24, 2.45) is 0 Å². The summed E-state index contributed by atoms with van der Waals surface area (Å²) in [6, 6.07) is 7.81. The first kappa shape index (κ1) is 16.8. The molecule has 0 atom stereocenters. The van der Waals surface area contributed by atoms with E-state index in [2.05, 4.69) is 9.97 Å². The Hall–Kier alpha value is -2.23. The van der Waals surface area contributed by atoms with Gasteiger partial charge in [0.1, 0.15) is 11.4 Å². The van der Waals surface area contributed by atoms with E-state index in [9.17, 15) is 4.79 Å². The van der Waals surface area contributed by atoms with Crippen LogP contribution in [0.15, 0.2) is 30.5 Å². The van der Waals surface area contributed by atoms with Gasteiger partial charge in [0.25, 0.3) is 0 Å². The van der Waals surface area contributed by atoms with Gasteiger partial charge in [-0.1, -0.05) is 38.1 Å². The molecule has 1 aromatic carbocycles. The van der Waals surface area contributed by atoms with Crippen molar-refractivity contribution in [3.8, 4) is 11.3 Å². The highest BCUT2D eigenvalue weighted by atomic mass is 16.5. The lowest BCUT2D eigenvalue weighted by molar-refractivity contribution is 0.0526. The lowest BCUT2D eigenvalue weighted by Gasteiger charge is -2.10. The molecule has 2 rings (SSSR count). The summed E-state index contributed by atoms with van der Waals surface area (Å²) in [6.45, 7) is 9.90. The molecule has 0 N–H and O–H groups in total. The van der Waals surface area contributed by atoms with Gasteiger partial charge in [-0.15, -0.1) is 0 Å². The molecule has 0 radical (unpaired) electrons. The van der Waals surface area contributed by atoms with Crippen LogP contribution in [0.5, 0.6) is 0 Å². The molecule has 1 aromatic heterocycles. The molecule has 0 aliphatic carbocycles. The normalized spacial score (nSPS) is 9.57. The van der Waals surface area contributed by atoms with Crippen LogP contribution in [0.1, 0.15) is 42.5 Å². The highest BCUT2D eigenvalue weighted by Crippen LogP contribution is 2.25. The Morgan fingerprint density at radius 1 is 1.19 bits per heavy atom. The maximum absolute atomic E-state index is 12.0. The number of hydrogen-bond donors (Lipinski definition) is 0. The van der Waals surface area contributed by atoms with E-state index in [4.69, 9.17) is 4.74 Å². The van der Waals surface area contributed by atoms with Gasteiger partial charge >= 0.3 is 5.97 Å². The minimum absolute atomic E-state index is 0.333. The Balaban J connectivity index is 0.00000106. The van der Waals surface area contributed by atoms with Gasteiger partial charge in [-0.25, -0.2) is 14.8 Å². The molecule has 112 valence electrons. The summed E-state index contributed by atoms with van der Waals surface area (Å²) < 4.78 is 5.05. The van der Waals surface area contributed by atoms with Gasteiger partial charge in [0, 0.05) is 11.8 Å². The molecule has 2 aromatic rings. The molecule has 4 heteroatoms. The highest BCUT2D eigenvalue weighted by Gasteiger charge is 2.17. The van der Waals surface area contributed by atoms with Crippen molar-refractivity contribution in [3.63, 3.8) is 0 Å². The van der Waals surface area contributed by atoms with Crippen molar-refractivity contribution in [2.45, 2.75) is 34.6 Å². The number of ether oxygens (including phenoxy) is 1. The molecular weight excluding hydrogens is 264 g/mol. The Labute approximate surface area is 126 Å². The van der Waals surface area contributed by atoms with Crippen molar-refractivity contribution >= 4 is 5.97 Å². The first-order valence-electron chi connectivity index (χ1n) is 7.20. The Morgan fingerprint density at radius 3 is 2.48 bits per heavy atom. The molecule has 0 aliphatic heterocycles. The first-order valence-corrected chi connectivity index (χ1v) is 7.20. The quantitative estimate of drug-likeness (QED) is 0.801. The smallest absolute Gasteiger partial charge is 0.341 e. The van der Waals surface area contributed by atoms with Crippen molar-refractivity contribution < 1.29 is 9.53 Å².